The van der Waals surface area contributed by atoms with E-state index in [9.17, 15) is 14.4 Å². The van der Waals surface area contributed by atoms with E-state index in [-0.39, 0.29) is 52.9 Å². The lowest BCUT2D eigenvalue weighted by Crippen LogP contribution is -2.26. The predicted octanol–water partition coefficient (Wildman–Crippen LogP) is 6.07. The van der Waals surface area contributed by atoms with Crippen LogP contribution in [0.4, 0.5) is 11.4 Å². The maximum absolute atomic E-state index is 12.9. The highest BCUT2D eigenvalue weighted by molar-refractivity contribution is 6.31. The Bertz CT molecular complexity index is 2580. The summed E-state index contributed by atoms with van der Waals surface area (Å²) < 4.78 is 19.2. The molecule has 0 radical (unpaired) electrons. The Morgan fingerprint density at radius 3 is 1.75 bits per heavy atom. The van der Waals surface area contributed by atoms with Crippen LogP contribution in [0.15, 0.2) is 88.0 Å². The molecule has 0 aliphatic carbocycles. The molecular weight excluding hydrogens is 727 g/mol. The van der Waals surface area contributed by atoms with Gasteiger partial charge in [-0.1, -0.05) is 23.2 Å². The van der Waals surface area contributed by atoms with Gasteiger partial charge in [-0.3, -0.25) is 23.5 Å². The van der Waals surface area contributed by atoms with Crippen molar-refractivity contribution < 1.29 is 14.2 Å². The lowest BCUT2D eigenvalue weighted by atomic mass is 10.3. The highest BCUT2D eigenvalue weighted by Gasteiger charge is 2.16. The summed E-state index contributed by atoms with van der Waals surface area (Å²) in [5, 5.41) is 14.2. The van der Waals surface area contributed by atoms with Crippen molar-refractivity contribution in [2.24, 2.45) is 0 Å². The van der Waals surface area contributed by atoms with E-state index in [4.69, 9.17) is 50.6 Å². The average Bonchev–Trinajstić information content (AvgIpc) is 3.15. The van der Waals surface area contributed by atoms with E-state index in [0.29, 0.717) is 44.1 Å². The minimum absolute atomic E-state index is 0.00354. The number of nitrogens with zero attached hydrogens (tertiary/aromatic N) is 9. The molecular formula is C35H26Cl2N10O6. The van der Waals surface area contributed by atoms with Crippen LogP contribution in [-0.2, 0) is 13.1 Å². The molecule has 6 aromatic rings. The van der Waals surface area contributed by atoms with Gasteiger partial charge in [0.1, 0.15) is 11.5 Å². The van der Waals surface area contributed by atoms with Crippen molar-refractivity contribution in [1.82, 2.24) is 39.5 Å². The fourth-order valence-corrected chi connectivity index (χ4v) is 5.08. The first kappa shape index (κ1) is 37.4. The van der Waals surface area contributed by atoms with E-state index in [1.807, 2.05) is 0 Å². The van der Waals surface area contributed by atoms with Crippen LogP contribution in [0, 0.1) is 27.0 Å². The van der Waals surface area contributed by atoms with Gasteiger partial charge in [-0.25, -0.2) is 24.8 Å². The molecule has 4 aromatic heterocycles. The summed E-state index contributed by atoms with van der Waals surface area (Å²) in [7, 11) is 1.48. The van der Waals surface area contributed by atoms with Gasteiger partial charge in [0.15, 0.2) is 11.4 Å². The van der Waals surface area contributed by atoms with Crippen molar-refractivity contribution in [3.8, 4) is 28.9 Å². The lowest BCUT2D eigenvalue weighted by molar-refractivity contribution is 0.384. The van der Waals surface area contributed by atoms with E-state index in [0.717, 1.165) is 0 Å². The van der Waals surface area contributed by atoms with Crippen molar-refractivity contribution in [2.45, 2.75) is 26.9 Å². The number of rotatable bonds is 9. The third-order valence-electron chi connectivity index (χ3n) is 7.21. The highest BCUT2D eigenvalue weighted by atomic mass is 35.5. The molecule has 0 bridgehead atoms. The van der Waals surface area contributed by atoms with Gasteiger partial charge in [0.2, 0.25) is 17.4 Å². The molecule has 0 saturated carbocycles. The summed E-state index contributed by atoms with van der Waals surface area (Å²) in [6.07, 6.45) is 5.71. The molecule has 0 saturated heterocycles. The fourth-order valence-electron chi connectivity index (χ4n) is 4.64. The maximum Gasteiger partial charge on any atom is 0.296 e. The van der Waals surface area contributed by atoms with E-state index in [2.05, 4.69) is 40.1 Å². The van der Waals surface area contributed by atoms with Crippen molar-refractivity contribution in [3.63, 3.8) is 0 Å². The summed E-state index contributed by atoms with van der Waals surface area (Å²) in [5.74, 6) is 0.915. The molecule has 6 rings (SSSR count). The first-order valence-corrected chi connectivity index (χ1v) is 16.0. The summed E-state index contributed by atoms with van der Waals surface area (Å²) in [4.78, 5) is 52.3. The van der Waals surface area contributed by atoms with Crippen LogP contribution in [0.1, 0.15) is 22.5 Å². The Hall–Kier alpha value is -6.88. The monoisotopic (exact) mass is 752 g/mol. The summed E-state index contributed by atoms with van der Waals surface area (Å²) in [6, 6.07) is 12.2. The molecule has 0 spiro atoms. The Kier molecular flexibility index (Phi) is 11.9. The maximum atomic E-state index is 12.9. The number of ether oxygens (including phenoxy) is 3. The van der Waals surface area contributed by atoms with E-state index in [1.54, 1.807) is 19.9 Å². The van der Waals surface area contributed by atoms with Crippen molar-refractivity contribution >= 4 is 34.6 Å². The molecule has 0 atom stereocenters. The zero-order valence-corrected chi connectivity index (χ0v) is 29.6. The number of hydrogen-bond acceptors (Lipinski definition) is 11. The Morgan fingerprint density at radius 1 is 0.755 bits per heavy atom. The van der Waals surface area contributed by atoms with Crippen LogP contribution >= 0.6 is 23.2 Å². The zero-order valence-electron chi connectivity index (χ0n) is 28.1. The van der Waals surface area contributed by atoms with E-state index < -0.39 is 5.56 Å². The molecule has 53 heavy (non-hydrogen) atoms. The van der Waals surface area contributed by atoms with Gasteiger partial charge in [0, 0.05) is 27.4 Å². The number of aryl methyl sites for hydroxylation is 2. The van der Waals surface area contributed by atoms with Gasteiger partial charge in [0.05, 0.1) is 63.6 Å². The minimum atomic E-state index is -0.460. The third-order valence-corrected chi connectivity index (χ3v) is 7.64. The first-order valence-electron chi connectivity index (χ1n) is 15.2. The molecule has 266 valence electrons. The molecule has 0 fully saturated rings. The van der Waals surface area contributed by atoms with Gasteiger partial charge in [-0.05, 0) is 62.4 Å². The van der Waals surface area contributed by atoms with Gasteiger partial charge in [0.25, 0.3) is 16.7 Å². The van der Waals surface area contributed by atoms with E-state index >= 15 is 0 Å². The van der Waals surface area contributed by atoms with Crippen molar-refractivity contribution in [3.05, 3.63) is 160 Å². The Balaban J connectivity index is 0.000000204. The summed E-state index contributed by atoms with van der Waals surface area (Å²) in [6.45, 7) is 17.7. The average molecular weight is 754 g/mol. The Labute approximate surface area is 310 Å². The number of nitrogens with one attached hydrogen (secondary N) is 1. The molecule has 0 amide bonds. The standard InChI is InChI=1S/C18H14ClN5O3.C17H12ClN5O3/c1-11-16(27-15-7-13(19)6-14(8-15)20-2)18(25)24(10-21-11)9-12-4-5-22-23-17(12)26-3;1-10-15(26-14-6-12(18)5-13(7-14)19-2)17(25)23(9-20-10)8-11-3-4-21-22-16(11)24/h4-8,10H,9H2,1,3H3;3-7,9H,8H2,1H3,(H,22,24). The SMILES string of the molecule is [C-]#[N+]c1cc(Cl)cc(Oc2c(C)ncn(Cc3ccn[nH]c3=O)c2=O)c1.[C-]#[N+]c1cc(Cl)cc(Oc2c(C)ncn(Cc3ccnnc3OC)c2=O)c1. The predicted molar refractivity (Wildman–Crippen MR) is 194 cm³/mol. The molecule has 18 heteroatoms. The van der Waals surface area contributed by atoms with Gasteiger partial charge < -0.3 is 14.2 Å². The first-order chi connectivity index (χ1) is 25.5. The van der Waals surface area contributed by atoms with Crippen LogP contribution in [0.2, 0.25) is 10.0 Å². The second-order valence-electron chi connectivity index (χ2n) is 10.9. The minimum Gasteiger partial charge on any atom is -0.480 e. The second kappa shape index (κ2) is 16.9. The molecule has 16 nitrogen and oxygen atoms in total. The molecule has 0 aliphatic heterocycles. The molecule has 4 heterocycles. The number of aromatic nitrogens is 8. The number of aromatic amines is 1. The van der Waals surface area contributed by atoms with Gasteiger partial charge >= 0.3 is 0 Å². The van der Waals surface area contributed by atoms with Crippen LogP contribution in [0.5, 0.6) is 28.9 Å². The van der Waals surface area contributed by atoms with E-state index in [1.165, 1.54) is 83.8 Å². The van der Waals surface area contributed by atoms with Crippen molar-refractivity contribution in [1.29, 1.82) is 0 Å². The quantitative estimate of drug-likeness (QED) is 0.169. The summed E-state index contributed by atoms with van der Waals surface area (Å²) >= 11 is 12.0. The number of H-pyrrole nitrogens is 1. The smallest absolute Gasteiger partial charge is 0.296 e. The van der Waals surface area contributed by atoms with Crippen LogP contribution < -0.4 is 30.9 Å². The molecule has 1 N–H and O–H groups in total. The van der Waals surface area contributed by atoms with Crippen LogP contribution in [0.3, 0.4) is 0 Å². The summed E-state index contributed by atoms with van der Waals surface area (Å²) in [5.41, 5.74) is 1.19. The number of hydrogen-bond donors (Lipinski definition) is 1. The van der Waals surface area contributed by atoms with Crippen molar-refractivity contribution in [2.75, 3.05) is 7.11 Å². The van der Waals surface area contributed by atoms with Gasteiger partial charge in [-0.2, -0.15) is 10.2 Å². The van der Waals surface area contributed by atoms with Gasteiger partial charge in [-0.15, -0.1) is 5.10 Å². The number of benzene rings is 2. The molecule has 0 aliphatic rings. The second-order valence-corrected chi connectivity index (χ2v) is 11.8. The van der Waals surface area contributed by atoms with Crippen LogP contribution in [-0.4, -0.2) is 46.6 Å². The fraction of sp³-hybridized carbons (Fsp3) is 0.143. The largest absolute Gasteiger partial charge is 0.480 e. The topological polar surface area (TPSA) is 178 Å². The number of methoxy groups -OCH3 is 1. The normalized spacial score (nSPS) is 10.3. The zero-order chi connectivity index (χ0) is 38.1. The molecule has 0 unspecified atom stereocenters. The number of halogens is 2. The lowest BCUT2D eigenvalue weighted by Gasteiger charge is -2.12. The Morgan fingerprint density at radius 2 is 1.26 bits per heavy atom. The highest BCUT2D eigenvalue weighted by Crippen LogP contribution is 2.31. The van der Waals surface area contributed by atoms with Crippen LogP contribution in [0.25, 0.3) is 9.69 Å². The molecule has 2 aromatic carbocycles. The third kappa shape index (κ3) is 9.27.